The van der Waals surface area contributed by atoms with Gasteiger partial charge in [-0.15, -0.1) is 11.8 Å². The first-order valence-corrected chi connectivity index (χ1v) is 4.65. The number of hydrogen-bond acceptors (Lipinski definition) is 3. The quantitative estimate of drug-likeness (QED) is 0.475. The lowest BCUT2D eigenvalue weighted by Gasteiger charge is -1.93. The van der Waals surface area contributed by atoms with Crippen LogP contribution >= 0.6 is 11.8 Å². The summed E-state index contributed by atoms with van der Waals surface area (Å²) in [5, 5.41) is 3.25. The predicted octanol–water partition coefficient (Wildman–Crippen LogP) is 1.03. The molecule has 0 aliphatic carbocycles. The van der Waals surface area contributed by atoms with Gasteiger partial charge in [0.2, 0.25) is 0 Å². The molecular formula is C6H13NOS. The molecule has 3 heteroatoms. The molecule has 0 spiro atoms. The third kappa shape index (κ3) is 2.16. The molecule has 0 aromatic heterocycles. The van der Waals surface area contributed by atoms with Gasteiger partial charge in [-0.1, -0.05) is 6.92 Å². The Morgan fingerprint density at radius 2 is 2.44 bits per heavy atom. The summed E-state index contributed by atoms with van der Waals surface area (Å²) in [6.07, 6.45) is 4.07. The van der Waals surface area contributed by atoms with Crippen LogP contribution in [-0.4, -0.2) is 24.5 Å². The van der Waals surface area contributed by atoms with Gasteiger partial charge in [0.05, 0.1) is 6.10 Å². The maximum atomic E-state index is 5.24. The number of ether oxygens (including phenoxy) is 1. The molecular weight excluding hydrogens is 134 g/mol. The monoisotopic (exact) mass is 147 g/mol. The fourth-order valence-corrected chi connectivity index (χ4v) is 1.13. The van der Waals surface area contributed by atoms with Crippen molar-refractivity contribution in [3.05, 3.63) is 0 Å². The highest BCUT2D eigenvalue weighted by molar-refractivity contribution is 7.98. The summed E-state index contributed by atoms with van der Waals surface area (Å²) in [6.45, 7) is 2.14. The summed E-state index contributed by atoms with van der Waals surface area (Å²) in [7, 11) is 0. The Morgan fingerprint density at radius 1 is 1.67 bits per heavy atom. The number of epoxide rings is 1. The molecule has 0 aromatic carbocycles. The Morgan fingerprint density at radius 3 is 2.89 bits per heavy atom. The van der Waals surface area contributed by atoms with Crippen molar-refractivity contribution in [1.82, 2.24) is 5.32 Å². The zero-order chi connectivity index (χ0) is 6.69. The van der Waals surface area contributed by atoms with Gasteiger partial charge in [-0.25, -0.2) is 0 Å². The van der Waals surface area contributed by atoms with Crippen molar-refractivity contribution in [3.8, 4) is 0 Å². The van der Waals surface area contributed by atoms with E-state index in [9.17, 15) is 0 Å². The normalized spacial score (nSPS) is 32.7. The lowest BCUT2D eigenvalue weighted by atomic mass is 10.3. The first-order valence-electron chi connectivity index (χ1n) is 3.26. The molecule has 1 saturated heterocycles. The summed E-state index contributed by atoms with van der Waals surface area (Å²) in [5.41, 5.74) is 0. The van der Waals surface area contributed by atoms with Crippen molar-refractivity contribution < 1.29 is 4.74 Å². The molecule has 54 valence electrons. The molecule has 1 heterocycles. The van der Waals surface area contributed by atoms with E-state index in [0.717, 1.165) is 12.3 Å². The molecule has 1 aliphatic heterocycles. The SMILES string of the molecule is CCC1OC1NCSC. The van der Waals surface area contributed by atoms with E-state index in [1.165, 1.54) is 0 Å². The van der Waals surface area contributed by atoms with E-state index in [1.807, 2.05) is 0 Å². The Kier molecular flexibility index (Phi) is 2.82. The second-order valence-corrected chi connectivity index (χ2v) is 3.01. The third-order valence-corrected chi connectivity index (χ3v) is 1.87. The lowest BCUT2D eigenvalue weighted by Crippen LogP contribution is -2.18. The van der Waals surface area contributed by atoms with Crippen molar-refractivity contribution in [2.75, 3.05) is 12.1 Å². The van der Waals surface area contributed by atoms with Crippen LogP contribution in [0.25, 0.3) is 0 Å². The van der Waals surface area contributed by atoms with Gasteiger partial charge < -0.3 is 4.74 Å². The summed E-state index contributed by atoms with van der Waals surface area (Å²) >= 11 is 1.79. The van der Waals surface area contributed by atoms with Gasteiger partial charge in [0, 0.05) is 5.88 Å². The van der Waals surface area contributed by atoms with E-state index in [4.69, 9.17) is 4.74 Å². The molecule has 1 rings (SSSR count). The summed E-state index contributed by atoms with van der Waals surface area (Å²) < 4.78 is 5.24. The van der Waals surface area contributed by atoms with Crippen LogP contribution in [0.4, 0.5) is 0 Å². The molecule has 1 aliphatic rings. The second kappa shape index (κ2) is 3.44. The van der Waals surface area contributed by atoms with Gasteiger partial charge in [-0.3, -0.25) is 5.32 Å². The molecule has 9 heavy (non-hydrogen) atoms. The minimum atomic E-state index is 0.363. The van der Waals surface area contributed by atoms with Crippen molar-refractivity contribution in [3.63, 3.8) is 0 Å². The van der Waals surface area contributed by atoms with Crippen molar-refractivity contribution in [1.29, 1.82) is 0 Å². The predicted molar refractivity (Wildman–Crippen MR) is 40.5 cm³/mol. The standard InChI is InChI=1S/C6H13NOS/c1-3-5-6(8-5)7-4-9-2/h5-7H,3-4H2,1-2H3. The van der Waals surface area contributed by atoms with Crippen LogP contribution in [-0.2, 0) is 4.74 Å². The van der Waals surface area contributed by atoms with E-state index in [-0.39, 0.29) is 0 Å². The van der Waals surface area contributed by atoms with Crippen LogP contribution in [0.1, 0.15) is 13.3 Å². The molecule has 0 amide bonds. The average molecular weight is 147 g/mol. The van der Waals surface area contributed by atoms with Crippen LogP contribution in [0.3, 0.4) is 0 Å². The first kappa shape index (κ1) is 7.38. The van der Waals surface area contributed by atoms with Gasteiger partial charge in [-0.05, 0) is 12.7 Å². The van der Waals surface area contributed by atoms with Gasteiger partial charge in [0.25, 0.3) is 0 Å². The number of nitrogens with one attached hydrogen (secondary N) is 1. The lowest BCUT2D eigenvalue weighted by molar-refractivity contribution is 0.350. The van der Waals surface area contributed by atoms with E-state index in [1.54, 1.807) is 11.8 Å². The molecule has 1 fully saturated rings. The number of hydrogen-bond donors (Lipinski definition) is 1. The van der Waals surface area contributed by atoms with Crippen molar-refractivity contribution in [2.45, 2.75) is 25.7 Å². The summed E-state index contributed by atoms with van der Waals surface area (Å²) in [4.78, 5) is 0. The Bertz CT molecular complexity index is 89.1. The minimum Gasteiger partial charge on any atom is -0.353 e. The van der Waals surface area contributed by atoms with Crippen LogP contribution in [0.15, 0.2) is 0 Å². The Labute approximate surface area is 60.3 Å². The molecule has 1 N–H and O–H groups in total. The summed E-state index contributed by atoms with van der Waals surface area (Å²) in [5.74, 6) is 1.00. The van der Waals surface area contributed by atoms with Gasteiger partial charge in [-0.2, -0.15) is 0 Å². The van der Waals surface area contributed by atoms with Crippen LogP contribution in [0, 0.1) is 0 Å². The number of thioether (sulfide) groups is 1. The fourth-order valence-electron chi connectivity index (χ4n) is 0.798. The van der Waals surface area contributed by atoms with Crippen LogP contribution in [0.5, 0.6) is 0 Å². The molecule has 0 bridgehead atoms. The highest BCUT2D eigenvalue weighted by Crippen LogP contribution is 2.21. The third-order valence-electron chi connectivity index (χ3n) is 1.41. The maximum absolute atomic E-state index is 5.24. The summed E-state index contributed by atoms with van der Waals surface area (Å²) in [6, 6.07) is 0. The molecule has 0 radical (unpaired) electrons. The van der Waals surface area contributed by atoms with Gasteiger partial charge in [0.1, 0.15) is 6.23 Å². The van der Waals surface area contributed by atoms with Crippen LogP contribution < -0.4 is 5.32 Å². The van der Waals surface area contributed by atoms with E-state index in [2.05, 4.69) is 18.5 Å². The zero-order valence-corrected chi connectivity index (χ0v) is 6.70. The average Bonchev–Trinajstić information content (AvgIpc) is 2.62. The molecule has 0 aromatic rings. The van der Waals surface area contributed by atoms with Crippen molar-refractivity contribution >= 4 is 11.8 Å². The topological polar surface area (TPSA) is 24.6 Å². The first-order chi connectivity index (χ1) is 4.38. The Balaban J connectivity index is 1.92. The molecule has 2 atom stereocenters. The Hall–Kier alpha value is 0.270. The molecule has 2 unspecified atom stereocenters. The van der Waals surface area contributed by atoms with Gasteiger partial charge in [0.15, 0.2) is 0 Å². The molecule has 2 nitrogen and oxygen atoms in total. The maximum Gasteiger partial charge on any atom is 0.135 e. The van der Waals surface area contributed by atoms with Crippen molar-refractivity contribution in [2.24, 2.45) is 0 Å². The van der Waals surface area contributed by atoms with E-state index < -0.39 is 0 Å². The van der Waals surface area contributed by atoms with Gasteiger partial charge >= 0.3 is 0 Å². The highest BCUT2D eigenvalue weighted by atomic mass is 32.2. The minimum absolute atomic E-state index is 0.363. The fraction of sp³-hybridized carbons (Fsp3) is 1.00. The molecule has 0 saturated carbocycles. The smallest absolute Gasteiger partial charge is 0.135 e. The van der Waals surface area contributed by atoms with E-state index >= 15 is 0 Å². The van der Waals surface area contributed by atoms with Crippen LogP contribution in [0.2, 0.25) is 0 Å². The number of rotatable bonds is 4. The largest absolute Gasteiger partial charge is 0.353 e. The zero-order valence-electron chi connectivity index (χ0n) is 5.89. The second-order valence-electron chi connectivity index (χ2n) is 2.14. The van der Waals surface area contributed by atoms with E-state index in [0.29, 0.717) is 12.3 Å². The highest BCUT2D eigenvalue weighted by Gasteiger charge is 2.35.